The predicted octanol–water partition coefficient (Wildman–Crippen LogP) is 2.05. The molecule has 1 aliphatic heterocycles. The van der Waals surface area contributed by atoms with Crippen molar-refractivity contribution in [3.05, 3.63) is 34.9 Å². The predicted molar refractivity (Wildman–Crippen MR) is 95.3 cm³/mol. The van der Waals surface area contributed by atoms with Crippen molar-refractivity contribution < 1.29 is 23.9 Å². The average molecular weight is 370 g/mol. The third kappa shape index (κ3) is 3.59. The molecule has 0 aromatic heterocycles. The van der Waals surface area contributed by atoms with Gasteiger partial charge in [0.2, 0.25) is 0 Å². The lowest BCUT2D eigenvalue weighted by Crippen LogP contribution is -2.40. The van der Waals surface area contributed by atoms with Gasteiger partial charge in [0.15, 0.2) is 6.61 Å². The van der Waals surface area contributed by atoms with E-state index < -0.39 is 5.97 Å². The Hall–Kier alpha value is -2.70. The third-order valence-corrected chi connectivity index (χ3v) is 5.37. The van der Waals surface area contributed by atoms with E-state index >= 15 is 0 Å². The smallest absolute Gasteiger partial charge is 0.338 e. The molecule has 4 rings (SSSR count). The van der Waals surface area contributed by atoms with E-state index in [0.29, 0.717) is 5.56 Å². The highest BCUT2D eigenvalue weighted by Gasteiger charge is 2.40. The summed E-state index contributed by atoms with van der Waals surface area (Å²) in [5.41, 5.74) is 0.732. The van der Waals surface area contributed by atoms with Crippen molar-refractivity contribution in [2.45, 2.75) is 57.0 Å². The Labute approximate surface area is 157 Å². The van der Waals surface area contributed by atoms with Crippen LogP contribution in [0.25, 0.3) is 0 Å². The SMILES string of the molecule is O=C(COC(=O)c1ccc2c(c1)C(=O)N(C1CCCCC1)C2=O)NC1CC1. The fourth-order valence-electron chi connectivity index (χ4n) is 3.77. The Bertz CT molecular complexity index is 809. The molecule has 27 heavy (non-hydrogen) atoms. The van der Waals surface area contributed by atoms with Crippen molar-refractivity contribution in [2.75, 3.05) is 6.61 Å². The third-order valence-electron chi connectivity index (χ3n) is 5.37. The maximum Gasteiger partial charge on any atom is 0.338 e. The van der Waals surface area contributed by atoms with Crippen molar-refractivity contribution in [3.8, 4) is 0 Å². The first-order valence-electron chi connectivity index (χ1n) is 9.53. The number of ether oxygens (including phenoxy) is 1. The van der Waals surface area contributed by atoms with Crippen LogP contribution in [0.4, 0.5) is 0 Å². The molecule has 0 atom stereocenters. The Kier molecular flexibility index (Phi) is 4.68. The first-order valence-corrected chi connectivity index (χ1v) is 9.53. The molecule has 1 heterocycles. The minimum Gasteiger partial charge on any atom is -0.452 e. The number of nitrogens with zero attached hydrogens (tertiary/aromatic N) is 1. The summed E-state index contributed by atoms with van der Waals surface area (Å²) < 4.78 is 5.02. The lowest BCUT2D eigenvalue weighted by Gasteiger charge is -2.29. The molecule has 1 aromatic rings. The Morgan fingerprint density at radius 2 is 1.70 bits per heavy atom. The van der Waals surface area contributed by atoms with Gasteiger partial charge in [0.1, 0.15) is 0 Å². The molecule has 1 N–H and O–H groups in total. The van der Waals surface area contributed by atoms with Crippen LogP contribution in [0.1, 0.15) is 76.0 Å². The first kappa shape index (κ1) is 17.7. The minimum absolute atomic E-state index is 0.0623. The summed E-state index contributed by atoms with van der Waals surface area (Å²) in [5.74, 6) is -1.64. The number of rotatable bonds is 5. The Morgan fingerprint density at radius 1 is 1.00 bits per heavy atom. The molecule has 2 aliphatic carbocycles. The molecule has 0 bridgehead atoms. The van der Waals surface area contributed by atoms with E-state index in [1.807, 2.05) is 0 Å². The zero-order valence-corrected chi connectivity index (χ0v) is 15.0. The monoisotopic (exact) mass is 370 g/mol. The summed E-state index contributed by atoms with van der Waals surface area (Å²) >= 11 is 0. The highest BCUT2D eigenvalue weighted by Crippen LogP contribution is 2.31. The number of carbonyl (C=O) groups is 4. The van der Waals surface area contributed by atoms with Crippen molar-refractivity contribution in [1.82, 2.24) is 10.2 Å². The van der Waals surface area contributed by atoms with E-state index in [1.54, 1.807) is 0 Å². The zero-order chi connectivity index (χ0) is 19.0. The van der Waals surface area contributed by atoms with E-state index in [-0.39, 0.29) is 47.5 Å². The van der Waals surface area contributed by atoms with Gasteiger partial charge >= 0.3 is 5.97 Å². The summed E-state index contributed by atoms with van der Waals surface area (Å²) in [6.07, 6.45) is 6.73. The molecular formula is C20H22N2O5. The van der Waals surface area contributed by atoms with Gasteiger partial charge in [-0.15, -0.1) is 0 Å². The highest BCUT2D eigenvalue weighted by atomic mass is 16.5. The van der Waals surface area contributed by atoms with Gasteiger partial charge < -0.3 is 10.1 Å². The van der Waals surface area contributed by atoms with Gasteiger partial charge in [-0.05, 0) is 43.9 Å². The van der Waals surface area contributed by atoms with Gasteiger partial charge in [0.05, 0.1) is 16.7 Å². The highest BCUT2D eigenvalue weighted by molar-refractivity contribution is 6.22. The van der Waals surface area contributed by atoms with Crippen LogP contribution in [0, 0.1) is 0 Å². The molecule has 0 spiro atoms. The quantitative estimate of drug-likeness (QED) is 0.633. The van der Waals surface area contributed by atoms with Crippen LogP contribution >= 0.6 is 0 Å². The van der Waals surface area contributed by atoms with E-state index in [0.717, 1.165) is 44.9 Å². The van der Waals surface area contributed by atoms with Gasteiger partial charge in [0, 0.05) is 12.1 Å². The van der Waals surface area contributed by atoms with E-state index in [2.05, 4.69) is 5.32 Å². The first-order chi connectivity index (χ1) is 13.0. The normalized spacial score (nSPS) is 19.8. The molecule has 142 valence electrons. The Morgan fingerprint density at radius 3 is 2.41 bits per heavy atom. The van der Waals surface area contributed by atoms with Crippen molar-refractivity contribution in [1.29, 1.82) is 0 Å². The van der Waals surface area contributed by atoms with Crippen LogP contribution in [0.15, 0.2) is 18.2 Å². The molecule has 2 fully saturated rings. The number of carbonyl (C=O) groups excluding carboxylic acids is 4. The fraction of sp³-hybridized carbons (Fsp3) is 0.500. The Balaban J connectivity index is 1.45. The number of fused-ring (bicyclic) bond motifs is 1. The van der Waals surface area contributed by atoms with E-state index in [1.165, 1.54) is 23.1 Å². The summed E-state index contributed by atoms with van der Waals surface area (Å²) in [6, 6.07) is 4.51. The molecule has 0 saturated heterocycles. The van der Waals surface area contributed by atoms with Crippen LogP contribution < -0.4 is 5.32 Å². The van der Waals surface area contributed by atoms with Crippen LogP contribution in [0.3, 0.4) is 0 Å². The number of benzene rings is 1. The average Bonchev–Trinajstić information content (AvgIpc) is 3.46. The number of nitrogens with one attached hydrogen (secondary N) is 1. The summed E-state index contributed by atoms with van der Waals surface area (Å²) in [6.45, 7) is -0.354. The van der Waals surface area contributed by atoms with E-state index in [9.17, 15) is 19.2 Å². The number of hydrogen-bond acceptors (Lipinski definition) is 5. The summed E-state index contributed by atoms with van der Waals surface area (Å²) in [5, 5.41) is 2.74. The van der Waals surface area contributed by atoms with E-state index in [4.69, 9.17) is 4.74 Å². The fourth-order valence-corrected chi connectivity index (χ4v) is 3.77. The molecular weight excluding hydrogens is 348 g/mol. The summed E-state index contributed by atoms with van der Waals surface area (Å²) in [4.78, 5) is 50.6. The van der Waals surface area contributed by atoms with Gasteiger partial charge in [-0.3, -0.25) is 19.3 Å². The topological polar surface area (TPSA) is 92.8 Å². The number of imide groups is 1. The molecule has 3 amide bonds. The second kappa shape index (κ2) is 7.13. The number of amides is 3. The maximum absolute atomic E-state index is 12.8. The molecule has 1 aromatic carbocycles. The lowest BCUT2D eigenvalue weighted by molar-refractivity contribution is -0.124. The van der Waals surface area contributed by atoms with Crippen LogP contribution in [0.5, 0.6) is 0 Å². The van der Waals surface area contributed by atoms with Crippen molar-refractivity contribution >= 4 is 23.7 Å². The van der Waals surface area contributed by atoms with Gasteiger partial charge in [0.25, 0.3) is 17.7 Å². The van der Waals surface area contributed by atoms with Gasteiger partial charge in [-0.1, -0.05) is 19.3 Å². The second-order valence-corrected chi connectivity index (χ2v) is 7.45. The molecule has 0 unspecified atom stereocenters. The van der Waals surface area contributed by atoms with Crippen LogP contribution in [-0.4, -0.2) is 47.3 Å². The minimum atomic E-state index is -0.680. The van der Waals surface area contributed by atoms with Crippen LogP contribution in [0.2, 0.25) is 0 Å². The summed E-state index contributed by atoms with van der Waals surface area (Å²) in [7, 11) is 0. The standard InChI is InChI=1S/C20H22N2O5/c23-17(21-13-7-8-13)11-27-20(26)12-6-9-15-16(10-12)19(25)22(18(15)24)14-4-2-1-3-5-14/h6,9-10,13-14H,1-5,7-8,11H2,(H,21,23). The maximum atomic E-state index is 12.8. The van der Waals surface area contributed by atoms with Crippen molar-refractivity contribution in [2.24, 2.45) is 0 Å². The van der Waals surface area contributed by atoms with Crippen LogP contribution in [-0.2, 0) is 9.53 Å². The molecule has 2 saturated carbocycles. The number of esters is 1. The van der Waals surface area contributed by atoms with Gasteiger partial charge in [-0.2, -0.15) is 0 Å². The molecule has 7 nitrogen and oxygen atoms in total. The van der Waals surface area contributed by atoms with Crippen molar-refractivity contribution in [3.63, 3.8) is 0 Å². The molecule has 3 aliphatic rings. The lowest BCUT2D eigenvalue weighted by atomic mass is 9.94. The molecule has 0 radical (unpaired) electrons. The largest absolute Gasteiger partial charge is 0.452 e. The second-order valence-electron chi connectivity index (χ2n) is 7.45. The number of hydrogen-bond donors (Lipinski definition) is 1. The van der Waals surface area contributed by atoms with Gasteiger partial charge in [-0.25, -0.2) is 4.79 Å². The molecule has 7 heteroatoms. The zero-order valence-electron chi connectivity index (χ0n) is 15.0.